The number of nitrogens with one attached hydrogen (secondary N) is 1. The summed E-state index contributed by atoms with van der Waals surface area (Å²) in [7, 11) is 0. The molecule has 0 aliphatic heterocycles. The molecular weight excluding hydrogens is 347 g/mol. The fourth-order valence-corrected chi connectivity index (χ4v) is 2.37. The summed E-state index contributed by atoms with van der Waals surface area (Å²) in [5, 5.41) is 2.96. The fourth-order valence-electron chi connectivity index (χ4n) is 2.37. The third-order valence-electron chi connectivity index (χ3n) is 3.75. The van der Waals surface area contributed by atoms with Crippen molar-refractivity contribution in [1.82, 2.24) is 14.9 Å². The van der Waals surface area contributed by atoms with Crippen molar-refractivity contribution >= 4 is 36.4 Å². The average molecular weight is 373 g/mol. The van der Waals surface area contributed by atoms with Crippen LogP contribution in [0, 0.1) is 6.92 Å². The van der Waals surface area contributed by atoms with Gasteiger partial charge < -0.3 is 15.6 Å². The number of nitrogens with zero attached hydrogens (tertiary/aromatic N) is 2. The summed E-state index contributed by atoms with van der Waals surface area (Å²) in [6.45, 7) is 3.66. The standard InChI is InChI=1S/C17H24N4O.2ClH/c1-14-19-11-13-21(14)12-5-4-10-20-17(22)9-8-15-6-2-3-7-16(15)18;;/h2-3,6-7,11,13H,4-5,8-10,12,18H2,1H3,(H,20,22);2*1H. The van der Waals surface area contributed by atoms with Crippen LogP contribution in [-0.4, -0.2) is 22.0 Å². The summed E-state index contributed by atoms with van der Waals surface area (Å²) in [6, 6.07) is 7.68. The van der Waals surface area contributed by atoms with E-state index in [1.807, 2.05) is 43.6 Å². The highest BCUT2D eigenvalue weighted by Crippen LogP contribution is 2.12. The number of carbonyl (C=O) groups excluding carboxylic acids is 1. The van der Waals surface area contributed by atoms with Gasteiger partial charge in [0.05, 0.1) is 0 Å². The molecule has 0 bridgehead atoms. The first kappa shape index (κ1) is 22.3. The quantitative estimate of drug-likeness (QED) is 0.552. The van der Waals surface area contributed by atoms with Crippen molar-refractivity contribution in [3.05, 3.63) is 48.0 Å². The van der Waals surface area contributed by atoms with Gasteiger partial charge in [-0.1, -0.05) is 18.2 Å². The van der Waals surface area contributed by atoms with E-state index in [0.29, 0.717) is 12.8 Å². The van der Waals surface area contributed by atoms with Crippen LogP contribution in [0.1, 0.15) is 30.7 Å². The van der Waals surface area contributed by atoms with Crippen molar-refractivity contribution in [2.75, 3.05) is 12.3 Å². The van der Waals surface area contributed by atoms with E-state index in [9.17, 15) is 4.79 Å². The highest BCUT2D eigenvalue weighted by atomic mass is 35.5. The number of unbranched alkanes of at least 4 members (excludes halogenated alkanes) is 1. The number of nitrogens with two attached hydrogens (primary N) is 1. The summed E-state index contributed by atoms with van der Waals surface area (Å²) >= 11 is 0. The van der Waals surface area contributed by atoms with E-state index in [1.54, 1.807) is 0 Å². The molecule has 1 heterocycles. The lowest BCUT2D eigenvalue weighted by Crippen LogP contribution is -2.25. The predicted molar refractivity (Wildman–Crippen MR) is 103 cm³/mol. The summed E-state index contributed by atoms with van der Waals surface area (Å²) < 4.78 is 2.13. The number of para-hydroxylation sites is 1. The second-order valence-corrected chi connectivity index (χ2v) is 5.42. The number of imidazole rings is 1. The first-order valence-electron chi connectivity index (χ1n) is 7.74. The molecular formula is C17H26Cl2N4O. The molecule has 7 heteroatoms. The zero-order valence-electron chi connectivity index (χ0n) is 13.9. The van der Waals surface area contributed by atoms with Gasteiger partial charge in [0.25, 0.3) is 0 Å². The molecule has 0 atom stereocenters. The third-order valence-corrected chi connectivity index (χ3v) is 3.75. The van der Waals surface area contributed by atoms with Gasteiger partial charge in [0.1, 0.15) is 5.82 Å². The van der Waals surface area contributed by atoms with Gasteiger partial charge in [-0.15, -0.1) is 24.8 Å². The van der Waals surface area contributed by atoms with Gasteiger partial charge in [0, 0.05) is 37.6 Å². The lowest BCUT2D eigenvalue weighted by molar-refractivity contribution is -0.121. The Morgan fingerprint density at radius 2 is 2.00 bits per heavy atom. The summed E-state index contributed by atoms with van der Waals surface area (Å²) in [4.78, 5) is 16.0. The first-order valence-corrected chi connectivity index (χ1v) is 7.74. The number of hydrogen-bond donors (Lipinski definition) is 2. The van der Waals surface area contributed by atoms with E-state index in [1.165, 1.54) is 0 Å². The van der Waals surface area contributed by atoms with Gasteiger partial charge in [0.2, 0.25) is 5.91 Å². The van der Waals surface area contributed by atoms with E-state index < -0.39 is 0 Å². The molecule has 0 radical (unpaired) electrons. The number of aryl methyl sites for hydroxylation is 3. The molecule has 1 aromatic heterocycles. The number of benzene rings is 1. The van der Waals surface area contributed by atoms with Crippen LogP contribution in [0.4, 0.5) is 5.69 Å². The number of rotatable bonds is 8. The normalized spacial score (nSPS) is 9.71. The molecule has 2 rings (SSSR count). The van der Waals surface area contributed by atoms with Gasteiger partial charge in [-0.05, 0) is 37.8 Å². The molecule has 1 aromatic carbocycles. The number of carbonyl (C=O) groups is 1. The Hall–Kier alpha value is -1.72. The number of amides is 1. The van der Waals surface area contributed by atoms with Gasteiger partial charge >= 0.3 is 0 Å². The van der Waals surface area contributed by atoms with Gasteiger partial charge in [-0.2, -0.15) is 0 Å². The van der Waals surface area contributed by atoms with Crippen molar-refractivity contribution in [2.24, 2.45) is 0 Å². The Labute approximate surface area is 155 Å². The van der Waals surface area contributed by atoms with E-state index in [4.69, 9.17) is 5.73 Å². The maximum atomic E-state index is 11.8. The van der Waals surface area contributed by atoms with Crippen molar-refractivity contribution < 1.29 is 4.79 Å². The van der Waals surface area contributed by atoms with Crippen LogP contribution in [0.5, 0.6) is 0 Å². The lowest BCUT2D eigenvalue weighted by atomic mass is 10.1. The van der Waals surface area contributed by atoms with Crippen molar-refractivity contribution in [3.63, 3.8) is 0 Å². The molecule has 5 nitrogen and oxygen atoms in total. The number of nitrogen functional groups attached to an aromatic ring is 1. The predicted octanol–water partition coefficient (Wildman–Crippen LogP) is 3.15. The summed E-state index contributed by atoms with van der Waals surface area (Å²) in [5.41, 5.74) is 7.66. The second kappa shape index (κ2) is 11.8. The van der Waals surface area contributed by atoms with Crippen LogP contribution < -0.4 is 11.1 Å². The molecule has 3 N–H and O–H groups in total. The molecule has 2 aromatic rings. The van der Waals surface area contributed by atoms with Crippen molar-refractivity contribution in [1.29, 1.82) is 0 Å². The van der Waals surface area contributed by atoms with Crippen LogP contribution in [0.2, 0.25) is 0 Å². The Morgan fingerprint density at radius 1 is 1.25 bits per heavy atom. The molecule has 0 saturated carbocycles. The van der Waals surface area contributed by atoms with E-state index in [0.717, 1.165) is 43.0 Å². The fraction of sp³-hybridized carbons (Fsp3) is 0.412. The number of halogens is 2. The van der Waals surface area contributed by atoms with Crippen LogP contribution >= 0.6 is 24.8 Å². The number of hydrogen-bond acceptors (Lipinski definition) is 3. The van der Waals surface area contributed by atoms with Crippen LogP contribution in [0.25, 0.3) is 0 Å². The Kier molecular flexibility index (Phi) is 10.9. The monoisotopic (exact) mass is 372 g/mol. The van der Waals surface area contributed by atoms with E-state index in [-0.39, 0.29) is 30.7 Å². The second-order valence-electron chi connectivity index (χ2n) is 5.42. The highest BCUT2D eigenvalue weighted by molar-refractivity contribution is 5.85. The van der Waals surface area contributed by atoms with Crippen molar-refractivity contribution in [3.8, 4) is 0 Å². The zero-order valence-corrected chi connectivity index (χ0v) is 15.5. The van der Waals surface area contributed by atoms with Gasteiger partial charge in [-0.25, -0.2) is 4.98 Å². The maximum Gasteiger partial charge on any atom is 0.220 e. The SMILES string of the molecule is Cc1nccn1CCCCNC(=O)CCc1ccccc1N.Cl.Cl. The van der Waals surface area contributed by atoms with Crippen LogP contribution in [0.3, 0.4) is 0 Å². The zero-order chi connectivity index (χ0) is 15.8. The molecule has 0 fully saturated rings. The van der Waals surface area contributed by atoms with Gasteiger partial charge in [0.15, 0.2) is 0 Å². The van der Waals surface area contributed by atoms with E-state index >= 15 is 0 Å². The number of aromatic nitrogens is 2. The Morgan fingerprint density at radius 3 is 2.67 bits per heavy atom. The summed E-state index contributed by atoms with van der Waals surface area (Å²) in [6.07, 6.45) is 6.96. The molecule has 1 amide bonds. The lowest BCUT2D eigenvalue weighted by Gasteiger charge is -2.08. The Balaban J connectivity index is 0.00000264. The Bertz CT molecular complexity index is 616. The molecule has 0 spiro atoms. The van der Waals surface area contributed by atoms with Crippen LogP contribution in [0.15, 0.2) is 36.7 Å². The highest BCUT2D eigenvalue weighted by Gasteiger charge is 2.04. The average Bonchev–Trinajstić information content (AvgIpc) is 2.91. The molecule has 0 aliphatic rings. The minimum absolute atomic E-state index is 0. The minimum atomic E-state index is 0. The molecule has 0 aliphatic carbocycles. The summed E-state index contributed by atoms with van der Waals surface area (Å²) in [5.74, 6) is 1.12. The van der Waals surface area contributed by atoms with Crippen LogP contribution in [-0.2, 0) is 17.8 Å². The molecule has 0 saturated heterocycles. The number of anilines is 1. The molecule has 0 unspecified atom stereocenters. The third kappa shape index (κ3) is 7.23. The van der Waals surface area contributed by atoms with Crippen molar-refractivity contribution in [2.45, 2.75) is 39.2 Å². The largest absolute Gasteiger partial charge is 0.399 e. The maximum absolute atomic E-state index is 11.8. The minimum Gasteiger partial charge on any atom is -0.399 e. The van der Waals surface area contributed by atoms with E-state index in [2.05, 4.69) is 14.9 Å². The molecule has 134 valence electrons. The topological polar surface area (TPSA) is 72.9 Å². The van der Waals surface area contributed by atoms with Gasteiger partial charge in [-0.3, -0.25) is 4.79 Å². The first-order chi connectivity index (χ1) is 10.7. The smallest absolute Gasteiger partial charge is 0.220 e. The molecule has 24 heavy (non-hydrogen) atoms.